The summed E-state index contributed by atoms with van der Waals surface area (Å²) in [6.07, 6.45) is 5.40. The quantitative estimate of drug-likeness (QED) is 0.397. The van der Waals surface area contributed by atoms with Crippen LogP contribution in [0.4, 0.5) is 5.82 Å². The molecule has 0 atom stereocenters. The van der Waals surface area contributed by atoms with E-state index in [0.717, 1.165) is 27.9 Å². The van der Waals surface area contributed by atoms with Crippen molar-refractivity contribution in [2.45, 2.75) is 13.5 Å². The lowest BCUT2D eigenvalue weighted by molar-refractivity contribution is 0.639. The zero-order valence-corrected chi connectivity index (χ0v) is 19.1. The second kappa shape index (κ2) is 8.13. The molecule has 6 aromatic rings. The monoisotopic (exact) mass is 463 g/mol. The SMILES string of the molecule is Cc1[nH]nc2ccc(-c3nc(-c4cn(Cc5ccccn5)nn4)c(N)nc3-c3ccn(C)n3)cc12. The van der Waals surface area contributed by atoms with Gasteiger partial charge < -0.3 is 5.73 Å². The van der Waals surface area contributed by atoms with Crippen LogP contribution in [0, 0.1) is 6.92 Å². The van der Waals surface area contributed by atoms with Gasteiger partial charge in [-0.15, -0.1) is 5.10 Å². The molecule has 0 saturated heterocycles. The molecule has 1 aromatic carbocycles. The van der Waals surface area contributed by atoms with Crippen LogP contribution in [0.3, 0.4) is 0 Å². The summed E-state index contributed by atoms with van der Waals surface area (Å²) in [6.45, 7) is 2.47. The van der Waals surface area contributed by atoms with E-state index >= 15 is 0 Å². The van der Waals surface area contributed by atoms with E-state index in [4.69, 9.17) is 15.7 Å². The lowest BCUT2D eigenvalue weighted by Gasteiger charge is -2.11. The molecule has 0 aliphatic rings. The number of nitrogen functional groups attached to an aromatic ring is 1. The largest absolute Gasteiger partial charge is 0.382 e. The van der Waals surface area contributed by atoms with Gasteiger partial charge >= 0.3 is 0 Å². The second-order valence-electron chi connectivity index (χ2n) is 8.23. The highest BCUT2D eigenvalue weighted by Crippen LogP contribution is 2.34. The molecule has 3 N–H and O–H groups in total. The van der Waals surface area contributed by atoms with Gasteiger partial charge in [0.05, 0.1) is 29.6 Å². The Labute approximate surface area is 199 Å². The van der Waals surface area contributed by atoms with Crippen molar-refractivity contribution in [3.8, 4) is 34.0 Å². The van der Waals surface area contributed by atoms with Crippen LogP contribution in [0.1, 0.15) is 11.4 Å². The average molecular weight is 464 g/mol. The third-order valence-corrected chi connectivity index (χ3v) is 5.73. The average Bonchev–Trinajstić information content (AvgIpc) is 3.60. The third kappa shape index (κ3) is 3.78. The van der Waals surface area contributed by atoms with Gasteiger partial charge in [0.15, 0.2) is 5.82 Å². The first-order valence-corrected chi connectivity index (χ1v) is 11.0. The fraction of sp³-hybridized carbons (Fsp3) is 0.125. The molecule has 0 radical (unpaired) electrons. The number of aromatic nitrogens is 10. The number of nitrogens with zero attached hydrogens (tertiary/aromatic N) is 9. The van der Waals surface area contributed by atoms with Gasteiger partial charge in [-0.2, -0.15) is 10.2 Å². The number of benzene rings is 1. The number of nitrogens with one attached hydrogen (secondary N) is 1. The van der Waals surface area contributed by atoms with Crippen molar-refractivity contribution in [1.82, 2.24) is 49.9 Å². The highest BCUT2D eigenvalue weighted by molar-refractivity contribution is 5.89. The Morgan fingerprint density at radius 1 is 1.00 bits per heavy atom. The Morgan fingerprint density at radius 2 is 1.91 bits per heavy atom. The zero-order chi connectivity index (χ0) is 23.9. The van der Waals surface area contributed by atoms with Gasteiger partial charge in [-0.05, 0) is 37.3 Å². The number of aryl methyl sites for hydroxylation is 2. The highest BCUT2D eigenvalue weighted by atomic mass is 15.4. The van der Waals surface area contributed by atoms with Crippen LogP contribution in [-0.4, -0.2) is 49.9 Å². The summed E-state index contributed by atoms with van der Waals surface area (Å²) in [7, 11) is 1.86. The van der Waals surface area contributed by atoms with Crippen molar-refractivity contribution >= 4 is 16.7 Å². The lowest BCUT2D eigenvalue weighted by atomic mass is 10.0. The number of H-pyrrole nitrogens is 1. The van der Waals surface area contributed by atoms with E-state index in [-0.39, 0.29) is 5.82 Å². The minimum atomic E-state index is 0.250. The molecular weight excluding hydrogens is 442 g/mol. The Hall–Kier alpha value is -4.93. The van der Waals surface area contributed by atoms with E-state index in [0.29, 0.717) is 35.0 Å². The molecule has 5 heterocycles. The van der Waals surface area contributed by atoms with Crippen LogP contribution in [0.5, 0.6) is 0 Å². The summed E-state index contributed by atoms with van der Waals surface area (Å²) in [6, 6.07) is 13.6. The van der Waals surface area contributed by atoms with Crippen molar-refractivity contribution in [1.29, 1.82) is 0 Å². The summed E-state index contributed by atoms with van der Waals surface area (Å²) < 4.78 is 3.42. The number of hydrogen-bond donors (Lipinski definition) is 2. The molecule has 35 heavy (non-hydrogen) atoms. The Morgan fingerprint density at radius 3 is 2.71 bits per heavy atom. The molecule has 0 aliphatic heterocycles. The Balaban J connectivity index is 1.48. The molecule has 0 spiro atoms. The predicted octanol–water partition coefficient (Wildman–Crippen LogP) is 3.01. The normalized spacial score (nSPS) is 11.4. The van der Waals surface area contributed by atoms with Gasteiger partial charge in [0, 0.05) is 36.1 Å². The topological polar surface area (TPSA) is 142 Å². The molecule has 0 aliphatic carbocycles. The van der Waals surface area contributed by atoms with Crippen molar-refractivity contribution in [2.75, 3.05) is 5.73 Å². The van der Waals surface area contributed by atoms with Gasteiger partial charge in [-0.25, -0.2) is 14.6 Å². The van der Waals surface area contributed by atoms with E-state index in [1.165, 1.54) is 0 Å². The lowest BCUT2D eigenvalue weighted by Crippen LogP contribution is -2.04. The van der Waals surface area contributed by atoms with Crippen molar-refractivity contribution in [3.63, 3.8) is 0 Å². The van der Waals surface area contributed by atoms with Crippen molar-refractivity contribution in [3.05, 3.63) is 72.4 Å². The molecule has 172 valence electrons. The second-order valence-corrected chi connectivity index (χ2v) is 8.23. The van der Waals surface area contributed by atoms with Gasteiger partial charge in [-0.3, -0.25) is 14.8 Å². The van der Waals surface area contributed by atoms with E-state index in [1.54, 1.807) is 21.8 Å². The number of pyridine rings is 1. The van der Waals surface area contributed by atoms with E-state index in [1.807, 2.05) is 62.6 Å². The molecule has 0 unspecified atom stereocenters. The molecule has 0 fully saturated rings. The summed E-state index contributed by atoms with van der Waals surface area (Å²) >= 11 is 0. The smallest absolute Gasteiger partial charge is 0.152 e. The number of fused-ring (bicyclic) bond motifs is 1. The van der Waals surface area contributed by atoms with Crippen LogP contribution >= 0.6 is 0 Å². The van der Waals surface area contributed by atoms with Crippen LogP contribution in [0.15, 0.2) is 61.1 Å². The molecule has 6 rings (SSSR count). The standard InChI is InChI=1S/C24H21N11/c1-14-17-11-15(6-7-18(17)30-29-14)21-22(19-8-10-34(2)32-19)28-24(25)23(27-21)20-13-35(33-31-20)12-16-5-3-4-9-26-16/h3-11,13H,12H2,1-2H3,(H2,25,28)(H,29,30). The summed E-state index contributed by atoms with van der Waals surface area (Å²) in [5.41, 5.74) is 12.9. The molecule has 0 saturated carbocycles. The molecule has 0 bridgehead atoms. The Kier molecular flexibility index (Phi) is 4.80. The highest BCUT2D eigenvalue weighted by Gasteiger charge is 2.20. The molecule has 11 nitrogen and oxygen atoms in total. The summed E-state index contributed by atoms with van der Waals surface area (Å²) in [5, 5.41) is 21.4. The molecule has 11 heteroatoms. The predicted molar refractivity (Wildman–Crippen MR) is 131 cm³/mol. The first-order valence-electron chi connectivity index (χ1n) is 11.0. The van der Waals surface area contributed by atoms with E-state index < -0.39 is 0 Å². The van der Waals surface area contributed by atoms with Gasteiger partial charge in [0.25, 0.3) is 0 Å². The summed E-state index contributed by atoms with van der Waals surface area (Å²) in [4.78, 5) is 14.0. The first-order chi connectivity index (χ1) is 17.0. The molecule has 5 aromatic heterocycles. The molecule has 0 amide bonds. The van der Waals surface area contributed by atoms with Crippen molar-refractivity contribution < 1.29 is 0 Å². The number of rotatable bonds is 5. The minimum Gasteiger partial charge on any atom is -0.382 e. The minimum absolute atomic E-state index is 0.250. The Bertz CT molecular complexity index is 1660. The maximum atomic E-state index is 6.39. The van der Waals surface area contributed by atoms with Crippen LogP contribution < -0.4 is 5.73 Å². The van der Waals surface area contributed by atoms with Crippen LogP contribution in [0.25, 0.3) is 44.9 Å². The van der Waals surface area contributed by atoms with E-state index in [9.17, 15) is 0 Å². The maximum absolute atomic E-state index is 6.39. The summed E-state index contributed by atoms with van der Waals surface area (Å²) in [5.74, 6) is 0.250. The van der Waals surface area contributed by atoms with Crippen LogP contribution in [-0.2, 0) is 13.6 Å². The fourth-order valence-corrected chi connectivity index (χ4v) is 3.99. The van der Waals surface area contributed by atoms with Gasteiger partial charge in [0.2, 0.25) is 0 Å². The van der Waals surface area contributed by atoms with Gasteiger partial charge in [-0.1, -0.05) is 17.3 Å². The number of hydrogen-bond acceptors (Lipinski definition) is 8. The third-order valence-electron chi connectivity index (χ3n) is 5.73. The van der Waals surface area contributed by atoms with E-state index in [2.05, 4.69) is 30.6 Å². The van der Waals surface area contributed by atoms with Crippen molar-refractivity contribution in [2.24, 2.45) is 7.05 Å². The number of nitrogens with two attached hydrogens (primary N) is 1. The maximum Gasteiger partial charge on any atom is 0.152 e. The van der Waals surface area contributed by atoms with Crippen LogP contribution in [0.2, 0.25) is 0 Å². The first kappa shape index (κ1) is 20.7. The zero-order valence-electron chi connectivity index (χ0n) is 19.1. The number of aromatic amines is 1. The fourth-order valence-electron chi connectivity index (χ4n) is 3.99. The molecular formula is C24H21N11. The van der Waals surface area contributed by atoms with Gasteiger partial charge in [0.1, 0.15) is 22.8 Å². The number of anilines is 1.